The van der Waals surface area contributed by atoms with Crippen LogP contribution in [0.25, 0.3) is 0 Å². The van der Waals surface area contributed by atoms with E-state index in [2.05, 4.69) is 0 Å². The van der Waals surface area contributed by atoms with E-state index >= 15 is 0 Å². The van der Waals surface area contributed by atoms with E-state index in [4.69, 9.17) is 9.47 Å². The normalized spacial score (nSPS) is 31.3. The number of hydrogen-bond donors (Lipinski definition) is 0. The first-order chi connectivity index (χ1) is 9.31. The summed E-state index contributed by atoms with van der Waals surface area (Å²) >= 11 is 0. The van der Waals surface area contributed by atoms with Gasteiger partial charge in [-0.3, -0.25) is 14.4 Å². The number of methoxy groups -OCH3 is 2. The first-order valence-corrected chi connectivity index (χ1v) is 6.72. The van der Waals surface area contributed by atoms with Gasteiger partial charge in [-0.15, -0.1) is 0 Å². The van der Waals surface area contributed by atoms with Crippen molar-refractivity contribution in [1.82, 2.24) is 0 Å². The highest BCUT2D eigenvalue weighted by Gasteiger charge is 2.51. The molecule has 1 fully saturated rings. The summed E-state index contributed by atoms with van der Waals surface area (Å²) in [6.45, 7) is 4.03. The molecule has 5 nitrogen and oxygen atoms in total. The van der Waals surface area contributed by atoms with E-state index in [0.717, 1.165) is 0 Å². The van der Waals surface area contributed by atoms with Crippen molar-refractivity contribution in [3.63, 3.8) is 0 Å². The van der Waals surface area contributed by atoms with Gasteiger partial charge in [-0.05, 0) is 23.3 Å². The van der Waals surface area contributed by atoms with Crippen LogP contribution in [0.2, 0.25) is 0 Å². The molecule has 20 heavy (non-hydrogen) atoms. The molecule has 0 saturated heterocycles. The summed E-state index contributed by atoms with van der Waals surface area (Å²) in [5.41, 5.74) is 0.488. The van der Waals surface area contributed by atoms with Crippen molar-refractivity contribution in [2.45, 2.75) is 26.7 Å². The summed E-state index contributed by atoms with van der Waals surface area (Å²) in [5.74, 6) is -2.16. The Morgan fingerprint density at radius 1 is 1.20 bits per heavy atom. The van der Waals surface area contributed by atoms with Gasteiger partial charge in [0, 0.05) is 6.42 Å². The molecule has 0 aromatic carbocycles. The van der Waals surface area contributed by atoms with Gasteiger partial charge in [-0.2, -0.15) is 0 Å². The van der Waals surface area contributed by atoms with Gasteiger partial charge in [0.25, 0.3) is 0 Å². The first kappa shape index (κ1) is 14.8. The second-order valence-corrected chi connectivity index (χ2v) is 6.18. The van der Waals surface area contributed by atoms with Crippen molar-refractivity contribution < 1.29 is 23.9 Å². The lowest BCUT2D eigenvalue weighted by atomic mass is 9.69. The standard InChI is InChI=1S/C15H20O5/c1-15(2)7-12(16)10-5-8(13(17)19-3)9(6-11(10)15)14(18)20-4/h5,8-9,11H,6-7H2,1-4H3/t8-,9-,11+/m1/s1. The summed E-state index contributed by atoms with van der Waals surface area (Å²) in [4.78, 5) is 35.9. The minimum Gasteiger partial charge on any atom is -0.469 e. The zero-order chi connectivity index (χ0) is 15.1. The molecule has 0 aromatic heterocycles. The predicted molar refractivity (Wildman–Crippen MR) is 70.6 cm³/mol. The fourth-order valence-corrected chi connectivity index (χ4v) is 3.38. The number of ether oxygens (including phenoxy) is 2. The van der Waals surface area contributed by atoms with Gasteiger partial charge in [0.05, 0.1) is 26.1 Å². The Balaban J connectivity index is 2.42. The highest BCUT2D eigenvalue weighted by molar-refractivity contribution is 6.00. The van der Waals surface area contributed by atoms with Gasteiger partial charge in [0.2, 0.25) is 0 Å². The highest BCUT2D eigenvalue weighted by atomic mass is 16.5. The van der Waals surface area contributed by atoms with Crippen molar-refractivity contribution in [3.8, 4) is 0 Å². The minimum atomic E-state index is -0.725. The van der Waals surface area contributed by atoms with Crippen LogP contribution in [0.15, 0.2) is 11.6 Å². The highest BCUT2D eigenvalue weighted by Crippen LogP contribution is 2.51. The number of esters is 2. The molecule has 0 bridgehead atoms. The van der Waals surface area contributed by atoms with Crippen LogP contribution < -0.4 is 0 Å². The number of allylic oxidation sites excluding steroid dienone is 1. The minimum absolute atomic E-state index is 0.00000567. The number of rotatable bonds is 2. The fourth-order valence-electron chi connectivity index (χ4n) is 3.38. The smallest absolute Gasteiger partial charge is 0.313 e. The van der Waals surface area contributed by atoms with E-state index in [1.165, 1.54) is 14.2 Å². The van der Waals surface area contributed by atoms with Crippen LogP contribution in [-0.2, 0) is 23.9 Å². The first-order valence-electron chi connectivity index (χ1n) is 6.72. The molecule has 0 spiro atoms. The molecule has 0 heterocycles. The van der Waals surface area contributed by atoms with Crippen LogP contribution in [0, 0.1) is 23.2 Å². The molecule has 0 unspecified atom stereocenters. The monoisotopic (exact) mass is 280 g/mol. The van der Waals surface area contributed by atoms with Crippen LogP contribution in [0.4, 0.5) is 0 Å². The molecule has 1 saturated carbocycles. The number of Topliss-reactive ketones (excluding diaryl/α,β-unsaturated/α-hetero) is 1. The lowest BCUT2D eigenvalue weighted by Crippen LogP contribution is -2.37. The quantitative estimate of drug-likeness (QED) is 0.717. The Morgan fingerprint density at radius 3 is 2.35 bits per heavy atom. The van der Waals surface area contributed by atoms with Crippen LogP contribution in [0.5, 0.6) is 0 Å². The van der Waals surface area contributed by atoms with E-state index in [0.29, 0.717) is 18.4 Å². The van der Waals surface area contributed by atoms with Crippen molar-refractivity contribution in [2.75, 3.05) is 14.2 Å². The van der Waals surface area contributed by atoms with Crippen molar-refractivity contribution in [2.24, 2.45) is 23.2 Å². The zero-order valence-electron chi connectivity index (χ0n) is 12.3. The lowest BCUT2D eigenvalue weighted by Gasteiger charge is -2.34. The largest absolute Gasteiger partial charge is 0.469 e. The van der Waals surface area contributed by atoms with Gasteiger partial charge in [-0.1, -0.05) is 19.9 Å². The second-order valence-electron chi connectivity index (χ2n) is 6.18. The molecule has 2 aliphatic carbocycles. The van der Waals surface area contributed by atoms with Crippen LogP contribution in [0.1, 0.15) is 26.7 Å². The second kappa shape index (κ2) is 5.04. The molecular formula is C15H20O5. The van der Waals surface area contributed by atoms with Crippen molar-refractivity contribution in [1.29, 1.82) is 0 Å². The third-order valence-electron chi connectivity index (χ3n) is 4.52. The molecule has 5 heteroatoms. The fraction of sp³-hybridized carbons (Fsp3) is 0.667. The van der Waals surface area contributed by atoms with Crippen LogP contribution in [0.3, 0.4) is 0 Å². The molecule has 2 rings (SSSR count). The van der Waals surface area contributed by atoms with Gasteiger partial charge >= 0.3 is 11.9 Å². The van der Waals surface area contributed by atoms with Crippen molar-refractivity contribution in [3.05, 3.63) is 11.6 Å². The Labute approximate surface area is 118 Å². The lowest BCUT2D eigenvalue weighted by molar-refractivity contribution is -0.157. The number of fused-ring (bicyclic) bond motifs is 1. The average Bonchev–Trinajstić information content (AvgIpc) is 2.65. The predicted octanol–water partition coefficient (Wildman–Crippen LogP) is 1.51. The van der Waals surface area contributed by atoms with E-state index in [1.807, 2.05) is 13.8 Å². The molecule has 0 aliphatic heterocycles. The van der Waals surface area contributed by atoms with Gasteiger partial charge in [0.1, 0.15) is 0 Å². The molecule has 0 N–H and O–H groups in total. The Kier molecular flexibility index (Phi) is 3.71. The van der Waals surface area contributed by atoms with E-state index < -0.39 is 23.8 Å². The van der Waals surface area contributed by atoms with Crippen molar-refractivity contribution >= 4 is 17.7 Å². The molecular weight excluding hydrogens is 260 g/mol. The molecule has 3 atom stereocenters. The Hall–Kier alpha value is -1.65. The van der Waals surface area contributed by atoms with Gasteiger partial charge < -0.3 is 9.47 Å². The maximum atomic E-state index is 12.1. The Bertz CT molecular complexity index is 488. The number of ketones is 1. The molecule has 0 amide bonds. The van der Waals surface area contributed by atoms with E-state index in [-0.39, 0.29) is 17.1 Å². The van der Waals surface area contributed by atoms with E-state index in [1.54, 1.807) is 6.08 Å². The van der Waals surface area contributed by atoms with E-state index in [9.17, 15) is 14.4 Å². The summed E-state index contributed by atoms with van der Waals surface area (Å²) in [6.07, 6.45) is 2.53. The number of carbonyl (C=O) groups excluding carboxylic acids is 3. The molecule has 0 radical (unpaired) electrons. The van der Waals surface area contributed by atoms with Crippen LogP contribution in [-0.4, -0.2) is 31.9 Å². The SMILES string of the molecule is COC(=O)[C@@H]1C=C2C(=O)CC(C)(C)[C@H]2C[C@H]1C(=O)OC. The molecule has 110 valence electrons. The zero-order valence-corrected chi connectivity index (χ0v) is 12.3. The number of carbonyl (C=O) groups is 3. The summed E-state index contributed by atoms with van der Waals surface area (Å²) in [7, 11) is 2.59. The maximum Gasteiger partial charge on any atom is 0.313 e. The number of hydrogen-bond acceptors (Lipinski definition) is 5. The summed E-state index contributed by atoms with van der Waals surface area (Å²) in [5, 5.41) is 0. The Morgan fingerprint density at radius 2 is 1.80 bits per heavy atom. The molecule has 2 aliphatic rings. The molecule has 0 aromatic rings. The van der Waals surface area contributed by atoms with Crippen LogP contribution >= 0.6 is 0 Å². The van der Waals surface area contributed by atoms with Gasteiger partial charge in [-0.25, -0.2) is 0 Å². The average molecular weight is 280 g/mol. The summed E-state index contributed by atoms with van der Waals surface area (Å²) in [6, 6.07) is 0. The topological polar surface area (TPSA) is 69.7 Å². The third kappa shape index (κ3) is 2.25. The summed E-state index contributed by atoms with van der Waals surface area (Å²) < 4.78 is 9.54. The van der Waals surface area contributed by atoms with Gasteiger partial charge in [0.15, 0.2) is 5.78 Å². The maximum absolute atomic E-state index is 12.1. The third-order valence-corrected chi connectivity index (χ3v) is 4.52.